The summed E-state index contributed by atoms with van der Waals surface area (Å²) >= 11 is 0. The number of benzene rings is 1. The van der Waals surface area contributed by atoms with Crippen LogP contribution >= 0.6 is 24.0 Å². The standard InChI is InChI=1S/C17H20F2N6.HI/c1-20-17(24-11-15-21-8-9-25(15)16(18)19)22-7-6-12-10-23-14-5-3-2-4-13(12)14;/h2-5,8-10,16,23H,6-7,11H2,1H3,(H2,20,22,24);1H. The van der Waals surface area contributed by atoms with Gasteiger partial charge in [-0.1, -0.05) is 18.2 Å². The van der Waals surface area contributed by atoms with E-state index in [2.05, 4.69) is 31.7 Å². The summed E-state index contributed by atoms with van der Waals surface area (Å²) in [5, 5.41) is 7.38. The van der Waals surface area contributed by atoms with Crippen molar-refractivity contribution in [1.82, 2.24) is 25.2 Å². The van der Waals surface area contributed by atoms with Crippen LogP contribution in [0.1, 0.15) is 17.9 Å². The summed E-state index contributed by atoms with van der Waals surface area (Å²) < 4.78 is 26.4. The van der Waals surface area contributed by atoms with Crippen molar-refractivity contribution < 1.29 is 8.78 Å². The van der Waals surface area contributed by atoms with Crippen LogP contribution < -0.4 is 10.6 Å². The summed E-state index contributed by atoms with van der Waals surface area (Å²) in [7, 11) is 1.64. The first-order chi connectivity index (χ1) is 12.2. The van der Waals surface area contributed by atoms with Crippen molar-refractivity contribution >= 4 is 40.8 Å². The van der Waals surface area contributed by atoms with Gasteiger partial charge >= 0.3 is 6.55 Å². The number of aliphatic imine (C=N–C) groups is 1. The fourth-order valence-corrected chi connectivity index (χ4v) is 2.70. The topological polar surface area (TPSA) is 70.0 Å². The van der Waals surface area contributed by atoms with Crippen molar-refractivity contribution in [3.63, 3.8) is 0 Å². The molecule has 0 unspecified atom stereocenters. The second-order valence-corrected chi connectivity index (χ2v) is 5.49. The molecule has 0 bridgehead atoms. The third kappa shape index (κ3) is 4.71. The molecule has 0 atom stereocenters. The van der Waals surface area contributed by atoms with E-state index >= 15 is 0 Å². The first kappa shape index (κ1) is 20.1. The minimum atomic E-state index is -2.60. The molecule has 3 aromatic rings. The summed E-state index contributed by atoms with van der Waals surface area (Å²) in [5.74, 6) is 0.804. The highest BCUT2D eigenvalue weighted by Gasteiger charge is 2.11. The van der Waals surface area contributed by atoms with Crippen molar-refractivity contribution in [3.8, 4) is 0 Å². The Morgan fingerprint density at radius 3 is 2.88 bits per heavy atom. The van der Waals surface area contributed by atoms with E-state index in [1.54, 1.807) is 7.05 Å². The zero-order valence-electron chi connectivity index (χ0n) is 14.2. The van der Waals surface area contributed by atoms with E-state index in [-0.39, 0.29) is 36.3 Å². The van der Waals surface area contributed by atoms with Gasteiger partial charge in [-0.05, 0) is 18.1 Å². The van der Waals surface area contributed by atoms with Crippen molar-refractivity contribution in [2.45, 2.75) is 19.5 Å². The quantitative estimate of drug-likeness (QED) is 0.292. The molecule has 3 rings (SSSR count). The number of aromatic nitrogens is 3. The van der Waals surface area contributed by atoms with E-state index in [0.717, 1.165) is 16.5 Å². The molecule has 2 aromatic heterocycles. The average molecular weight is 474 g/mol. The van der Waals surface area contributed by atoms with Gasteiger partial charge in [0.15, 0.2) is 5.96 Å². The minimum Gasteiger partial charge on any atom is -0.361 e. The highest BCUT2D eigenvalue weighted by molar-refractivity contribution is 14.0. The number of hydrogen-bond acceptors (Lipinski definition) is 2. The number of fused-ring (bicyclic) bond motifs is 1. The zero-order valence-corrected chi connectivity index (χ0v) is 16.6. The fourth-order valence-electron chi connectivity index (χ4n) is 2.70. The number of H-pyrrole nitrogens is 1. The molecule has 3 N–H and O–H groups in total. The summed E-state index contributed by atoms with van der Waals surface area (Å²) in [4.78, 5) is 11.3. The van der Waals surface area contributed by atoms with Crippen LogP contribution in [-0.2, 0) is 13.0 Å². The Labute approximate surface area is 167 Å². The van der Waals surface area contributed by atoms with Crippen molar-refractivity contribution in [2.75, 3.05) is 13.6 Å². The number of nitrogens with one attached hydrogen (secondary N) is 3. The Morgan fingerprint density at radius 2 is 2.12 bits per heavy atom. The van der Waals surface area contributed by atoms with Crippen molar-refractivity contribution in [2.24, 2.45) is 4.99 Å². The number of alkyl halides is 2. The predicted molar refractivity (Wildman–Crippen MR) is 109 cm³/mol. The van der Waals surface area contributed by atoms with Gasteiger partial charge in [-0.3, -0.25) is 9.56 Å². The monoisotopic (exact) mass is 474 g/mol. The fraction of sp³-hybridized carbons (Fsp3) is 0.294. The van der Waals surface area contributed by atoms with Gasteiger partial charge in [0.25, 0.3) is 0 Å². The maximum absolute atomic E-state index is 12.8. The largest absolute Gasteiger partial charge is 0.361 e. The van der Waals surface area contributed by atoms with E-state index in [1.807, 2.05) is 24.4 Å². The number of nitrogens with zero attached hydrogens (tertiary/aromatic N) is 3. The molecule has 0 radical (unpaired) electrons. The Hall–Kier alpha value is -2.17. The molecular formula is C17H21F2IN6. The molecule has 0 aliphatic carbocycles. The van der Waals surface area contributed by atoms with E-state index in [1.165, 1.54) is 23.3 Å². The van der Waals surface area contributed by atoms with Crippen LogP contribution in [0.3, 0.4) is 0 Å². The second kappa shape index (κ2) is 9.51. The third-order valence-electron chi connectivity index (χ3n) is 3.96. The summed E-state index contributed by atoms with van der Waals surface area (Å²) in [6.45, 7) is -1.76. The summed E-state index contributed by atoms with van der Waals surface area (Å²) in [6, 6.07) is 8.13. The van der Waals surface area contributed by atoms with Gasteiger partial charge in [-0.15, -0.1) is 24.0 Å². The molecule has 2 heterocycles. The number of halogens is 3. The predicted octanol–water partition coefficient (Wildman–Crippen LogP) is 3.29. The van der Waals surface area contributed by atoms with Crippen molar-refractivity contribution in [1.29, 1.82) is 0 Å². The van der Waals surface area contributed by atoms with Crippen LogP contribution in [0, 0.1) is 0 Å². The molecule has 0 amide bonds. The lowest BCUT2D eigenvalue weighted by Gasteiger charge is -2.12. The van der Waals surface area contributed by atoms with E-state index in [4.69, 9.17) is 0 Å². The molecule has 26 heavy (non-hydrogen) atoms. The number of rotatable bonds is 6. The number of hydrogen-bond donors (Lipinski definition) is 3. The number of para-hydroxylation sites is 1. The lowest BCUT2D eigenvalue weighted by molar-refractivity contribution is 0.0668. The first-order valence-electron chi connectivity index (χ1n) is 7.98. The van der Waals surface area contributed by atoms with E-state index in [9.17, 15) is 8.78 Å². The number of imidazole rings is 1. The van der Waals surface area contributed by atoms with Crippen LogP contribution in [0.4, 0.5) is 8.78 Å². The van der Waals surface area contributed by atoms with Gasteiger partial charge in [-0.25, -0.2) is 4.98 Å². The lowest BCUT2D eigenvalue weighted by atomic mass is 10.1. The molecular weight excluding hydrogens is 453 g/mol. The molecule has 9 heteroatoms. The second-order valence-electron chi connectivity index (χ2n) is 5.49. The van der Waals surface area contributed by atoms with Gasteiger partial charge < -0.3 is 15.6 Å². The smallest absolute Gasteiger partial charge is 0.319 e. The Morgan fingerprint density at radius 1 is 1.31 bits per heavy atom. The number of guanidine groups is 1. The highest BCUT2D eigenvalue weighted by atomic mass is 127. The zero-order chi connectivity index (χ0) is 17.6. The van der Waals surface area contributed by atoms with Gasteiger partial charge in [0, 0.05) is 43.1 Å². The minimum absolute atomic E-state index is 0. The van der Waals surface area contributed by atoms with Gasteiger partial charge in [-0.2, -0.15) is 8.78 Å². The maximum Gasteiger partial charge on any atom is 0.319 e. The lowest BCUT2D eigenvalue weighted by Crippen LogP contribution is -2.38. The van der Waals surface area contributed by atoms with Gasteiger partial charge in [0.1, 0.15) is 5.82 Å². The van der Waals surface area contributed by atoms with Gasteiger partial charge in [0.05, 0.1) is 6.54 Å². The molecule has 6 nitrogen and oxygen atoms in total. The Balaban J connectivity index is 0.00000243. The molecule has 0 spiro atoms. The van der Waals surface area contributed by atoms with E-state index in [0.29, 0.717) is 12.5 Å². The van der Waals surface area contributed by atoms with Crippen LogP contribution in [0.5, 0.6) is 0 Å². The molecule has 0 aliphatic heterocycles. The molecule has 0 fully saturated rings. The highest BCUT2D eigenvalue weighted by Crippen LogP contribution is 2.17. The molecule has 140 valence electrons. The van der Waals surface area contributed by atoms with E-state index < -0.39 is 6.55 Å². The van der Waals surface area contributed by atoms with Crippen LogP contribution in [0.15, 0.2) is 47.8 Å². The number of aromatic amines is 1. The summed E-state index contributed by atoms with van der Waals surface area (Å²) in [5.41, 5.74) is 2.32. The van der Waals surface area contributed by atoms with Crippen LogP contribution in [-0.4, -0.2) is 34.1 Å². The SMILES string of the molecule is CN=C(NCCc1c[nH]c2ccccc12)NCc1nccn1C(F)F.I. The molecule has 1 aromatic carbocycles. The van der Waals surface area contributed by atoms with Crippen LogP contribution in [0.25, 0.3) is 10.9 Å². The first-order valence-corrected chi connectivity index (χ1v) is 7.98. The van der Waals surface area contributed by atoms with Gasteiger partial charge in [0.2, 0.25) is 0 Å². The average Bonchev–Trinajstić information content (AvgIpc) is 3.25. The maximum atomic E-state index is 12.8. The normalized spacial score (nSPS) is 11.6. The third-order valence-corrected chi connectivity index (χ3v) is 3.96. The van der Waals surface area contributed by atoms with Crippen molar-refractivity contribution in [3.05, 3.63) is 54.2 Å². The van der Waals surface area contributed by atoms with Crippen LogP contribution in [0.2, 0.25) is 0 Å². The molecule has 0 saturated heterocycles. The molecule has 0 saturated carbocycles. The molecule has 0 aliphatic rings. The Bertz CT molecular complexity index is 858. The summed E-state index contributed by atoms with van der Waals surface area (Å²) in [6.07, 6.45) is 5.43. The Kier molecular flexibility index (Phi) is 7.37.